The van der Waals surface area contributed by atoms with Gasteiger partial charge in [0.05, 0.1) is 44.9 Å². The topological polar surface area (TPSA) is 96.9 Å². The van der Waals surface area contributed by atoms with Crippen LogP contribution >= 0.6 is 22.7 Å². The molecule has 226 valence electrons. The lowest BCUT2D eigenvalue weighted by Crippen LogP contribution is -2.47. The molecule has 2 fully saturated rings. The summed E-state index contributed by atoms with van der Waals surface area (Å²) in [7, 11) is 0. The van der Waals surface area contributed by atoms with Gasteiger partial charge in [0.15, 0.2) is 10.3 Å². The maximum atomic E-state index is 13.7. The second-order valence-corrected chi connectivity index (χ2v) is 13.0. The fourth-order valence-corrected chi connectivity index (χ4v) is 7.78. The van der Waals surface area contributed by atoms with E-state index in [-0.39, 0.29) is 11.8 Å². The summed E-state index contributed by atoms with van der Waals surface area (Å²) in [6.07, 6.45) is 0. The molecule has 2 aromatic heterocycles. The summed E-state index contributed by atoms with van der Waals surface area (Å²) in [5.74, 6) is 0.00163. The van der Waals surface area contributed by atoms with E-state index in [2.05, 4.69) is 26.5 Å². The van der Waals surface area contributed by atoms with Gasteiger partial charge in [0.25, 0.3) is 0 Å². The highest BCUT2D eigenvalue weighted by Crippen LogP contribution is 2.39. The Morgan fingerprint density at radius 3 is 1.45 bits per heavy atom. The molecule has 10 nitrogen and oxygen atoms in total. The van der Waals surface area contributed by atoms with E-state index in [0.29, 0.717) is 23.4 Å². The van der Waals surface area contributed by atoms with Gasteiger partial charge in [-0.2, -0.15) is 0 Å². The molecule has 2 aliphatic heterocycles. The molecule has 0 saturated carbocycles. The third-order valence-electron chi connectivity index (χ3n) is 7.92. The Labute approximate surface area is 263 Å². The first-order valence-electron chi connectivity index (χ1n) is 15.0. The van der Waals surface area contributed by atoms with Crippen LogP contribution in [0.1, 0.15) is 0 Å². The zero-order chi connectivity index (χ0) is 29.9. The zero-order valence-electron chi connectivity index (χ0n) is 24.3. The van der Waals surface area contributed by atoms with Gasteiger partial charge in [0, 0.05) is 52.4 Å². The summed E-state index contributed by atoms with van der Waals surface area (Å²) in [6, 6.07) is 23.5. The molecule has 2 amide bonds. The van der Waals surface area contributed by atoms with Crippen molar-refractivity contribution in [2.75, 3.05) is 75.2 Å². The number of fused-ring (bicyclic) bond motifs is 2. The zero-order valence-corrected chi connectivity index (χ0v) is 25.9. The summed E-state index contributed by atoms with van der Waals surface area (Å²) in [4.78, 5) is 45.2. The summed E-state index contributed by atoms with van der Waals surface area (Å²) < 4.78 is 1.94. The van der Waals surface area contributed by atoms with E-state index >= 15 is 0 Å². The molecular weight excluding hydrogens is 593 g/mol. The monoisotopic (exact) mass is 626 g/mol. The van der Waals surface area contributed by atoms with Crippen molar-refractivity contribution in [2.24, 2.45) is 0 Å². The number of hydrogen-bond donors (Lipinski definition) is 2. The van der Waals surface area contributed by atoms with E-state index in [1.165, 1.54) is 22.7 Å². The first-order chi connectivity index (χ1) is 21.6. The van der Waals surface area contributed by atoms with Gasteiger partial charge in [-0.15, -0.1) is 0 Å². The highest BCUT2D eigenvalue weighted by atomic mass is 32.1. The number of anilines is 4. The van der Waals surface area contributed by atoms with Gasteiger partial charge in [-0.05, 0) is 36.4 Å². The molecule has 2 aliphatic rings. The largest absolute Gasteiger partial charge is 0.314 e. The second kappa shape index (κ2) is 13.1. The number of carbonyl (C=O) groups is 2. The van der Waals surface area contributed by atoms with E-state index in [0.717, 1.165) is 84.2 Å². The van der Waals surface area contributed by atoms with Crippen LogP contribution in [0.2, 0.25) is 0 Å². The molecule has 0 atom stereocenters. The number of nitrogens with zero attached hydrogens (tertiary/aromatic N) is 6. The van der Waals surface area contributed by atoms with Crippen molar-refractivity contribution < 1.29 is 9.59 Å². The number of aromatic nitrogens is 2. The van der Waals surface area contributed by atoms with Crippen molar-refractivity contribution in [2.45, 2.75) is 0 Å². The van der Waals surface area contributed by atoms with Gasteiger partial charge in [-0.25, -0.2) is 9.97 Å². The van der Waals surface area contributed by atoms with Crippen LogP contribution in [0.3, 0.4) is 0 Å². The van der Waals surface area contributed by atoms with Gasteiger partial charge in [0.2, 0.25) is 11.8 Å². The third kappa shape index (κ3) is 6.23. The molecule has 0 spiro atoms. The Hall–Kier alpha value is -3.78. The Bertz CT molecular complexity index is 1570. The molecule has 4 heterocycles. The highest BCUT2D eigenvalue weighted by Gasteiger charge is 2.27. The SMILES string of the molecule is O=C(CN1CCNCC1)N(c1ccccc1)c1nc2cc3nc(N(C(=O)CN4CCNCC4)c4ccccc4)sc3cc2s1. The van der Waals surface area contributed by atoms with Crippen molar-refractivity contribution >= 4 is 76.6 Å². The molecule has 2 N–H and O–H groups in total. The predicted molar refractivity (Wildman–Crippen MR) is 179 cm³/mol. The average molecular weight is 627 g/mol. The smallest absolute Gasteiger partial charge is 0.247 e. The fourth-order valence-electron chi connectivity index (χ4n) is 5.66. The summed E-state index contributed by atoms with van der Waals surface area (Å²) >= 11 is 3.00. The van der Waals surface area contributed by atoms with Crippen molar-refractivity contribution in [3.8, 4) is 0 Å². The number of benzene rings is 3. The lowest BCUT2D eigenvalue weighted by atomic mass is 10.2. The van der Waals surface area contributed by atoms with E-state index in [1.54, 1.807) is 9.80 Å². The fraction of sp³-hybridized carbons (Fsp3) is 0.312. The summed E-state index contributed by atoms with van der Waals surface area (Å²) in [6.45, 7) is 7.58. The number of thiazole rings is 2. The Kier molecular flexibility index (Phi) is 8.60. The minimum Gasteiger partial charge on any atom is -0.314 e. The molecule has 12 heteroatoms. The van der Waals surface area contributed by atoms with Crippen LogP contribution in [0.4, 0.5) is 21.6 Å². The molecule has 44 heavy (non-hydrogen) atoms. The minimum absolute atomic E-state index is 0.000816. The first-order valence-corrected chi connectivity index (χ1v) is 16.6. The van der Waals surface area contributed by atoms with Crippen molar-refractivity contribution in [3.63, 3.8) is 0 Å². The number of hydrogen-bond acceptors (Lipinski definition) is 10. The van der Waals surface area contributed by atoms with Gasteiger partial charge < -0.3 is 10.6 Å². The molecule has 7 rings (SSSR count). The molecule has 3 aromatic carbocycles. The van der Waals surface area contributed by atoms with Gasteiger partial charge >= 0.3 is 0 Å². The maximum Gasteiger partial charge on any atom is 0.247 e. The summed E-state index contributed by atoms with van der Waals surface area (Å²) in [5, 5.41) is 7.98. The molecule has 0 aliphatic carbocycles. The number of nitrogens with one attached hydrogen (secondary N) is 2. The molecular formula is C32H34N8O2S2. The minimum atomic E-state index is 0.000816. The van der Waals surface area contributed by atoms with E-state index < -0.39 is 0 Å². The maximum absolute atomic E-state index is 13.7. The van der Waals surface area contributed by atoms with Crippen molar-refractivity contribution in [1.29, 1.82) is 0 Å². The van der Waals surface area contributed by atoms with Gasteiger partial charge in [-0.1, -0.05) is 59.1 Å². The second-order valence-electron chi connectivity index (χ2n) is 11.0. The van der Waals surface area contributed by atoms with Crippen LogP contribution in [0.25, 0.3) is 20.4 Å². The van der Waals surface area contributed by atoms with Crippen LogP contribution in [-0.4, -0.2) is 97.0 Å². The van der Waals surface area contributed by atoms with Crippen molar-refractivity contribution in [3.05, 3.63) is 72.8 Å². The van der Waals surface area contributed by atoms with E-state index in [1.807, 2.05) is 66.7 Å². The third-order valence-corrected chi connectivity index (χ3v) is 9.93. The lowest BCUT2D eigenvalue weighted by Gasteiger charge is -2.29. The van der Waals surface area contributed by atoms with Gasteiger partial charge in [0.1, 0.15) is 0 Å². The lowest BCUT2D eigenvalue weighted by molar-refractivity contribution is -0.120. The Morgan fingerprint density at radius 2 is 1.05 bits per heavy atom. The number of para-hydroxylation sites is 2. The molecule has 0 radical (unpaired) electrons. The number of rotatable bonds is 8. The summed E-state index contributed by atoms with van der Waals surface area (Å²) in [5.41, 5.74) is 3.16. The molecule has 5 aromatic rings. The van der Waals surface area contributed by atoms with Crippen LogP contribution in [0, 0.1) is 0 Å². The molecule has 2 saturated heterocycles. The van der Waals surface area contributed by atoms with Crippen LogP contribution in [0.15, 0.2) is 72.8 Å². The van der Waals surface area contributed by atoms with Crippen molar-refractivity contribution in [1.82, 2.24) is 30.4 Å². The number of amides is 2. The highest BCUT2D eigenvalue weighted by molar-refractivity contribution is 7.24. The standard InChI is InChI=1S/C32H34N8O2S2/c41-29(21-37-15-11-33-12-16-37)39(23-7-3-1-4-8-23)31-35-25-19-26-28(20-27(25)43-31)44-32(36-26)40(24-9-5-2-6-10-24)30(42)22-38-17-13-34-14-18-38/h1-10,19-20,33-34H,11-18,21-22H2. The Morgan fingerprint density at radius 1 is 0.636 bits per heavy atom. The predicted octanol–water partition coefficient (Wildman–Crippen LogP) is 4.05. The van der Waals surface area contributed by atoms with Crippen LogP contribution in [-0.2, 0) is 9.59 Å². The van der Waals surface area contributed by atoms with Crippen LogP contribution < -0.4 is 20.4 Å². The number of carbonyl (C=O) groups excluding carboxylic acids is 2. The quantitative estimate of drug-likeness (QED) is 0.267. The Balaban J connectivity index is 1.21. The first kappa shape index (κ1) is 29.0. The van der Waals surface area contributed by atoms with E-state index in [4.69, 9.17) is 9.97 Å². The van der Waals surface area contributed by atoms with Crippen LogP contribution in [0.5, 0.6) is 0 Å². The normalized spacial score (nSPS) is 16.4. The average Bonchev–Trinajstić information content (AvgIpc) is 3.64. The van der Waals surface area contributed by atoms with E-state index in [9.17, 15) is 9.59 Å². The van der Waals surface area contributed by atoms with Gasteiger partial charge in [-0.3, -0.25) is 29.2 Å². The molecule has 0 bridgehead atoms. The molecule has 0 unspecified atom stereocenters. The number of piperazine rings is 2.